The summed E-state index contributed by atoms with van der Waals surface area (Å²) in [5.41, 5.74) is 5.27. The summed E-state index contributed by atoms with van der Waals surface area (Å²) in [5, 5.41) is 11.2. The highest BCUT2D eigenvalue weighted by atomic mass is 16.3. The molecule has 1 aliphatic heterocycles. The molecule has 2 nitrogen and oxygen atoms in total. The molecule has 25 heavy (non-hydrogen) atoms. The SMILES string of the molecule is Cc1ccc([C@@H]2[C@@H]3CCC[C@@H](C3O)[C@H](c3ccc(C)cc3)N2C)cc1. The molecule has 2 aromatic rings. The topological polar surface area (TPSA) is 23.5 Å². The Morgan fingerprint density at radius 1 is 0.760 bits per heavy atom. The first kappa shape index (κ1) is 16.8. The van der Waals surface area contributed by atoms with Gasteiger partial charge >= 0.3 is 0 Å². The predicted octanol–water partition coefficient (Wildman–Crippen LogP) is 4.81. The van der Waals surface area contributed by atoms with E-state index in [2.05, 4.69) is 74.3 Å². The van der Waals surface area contributed by atoms with E-state index < -0.39 is 0 Å². The molecule has 2 aromatic carbocycles. The normalized spacial score (nSPS) is 32.6. The number of aryl methyl sites for hydroxylation is 2. The molecular formula is C23H29NO. The first-order chi connectivity index (χ1) is 12.1. The molecule has 2 aliphatic rings. The molecule has 1 N–H and O–H groups in total. The quantitative estimate of drug-likeness (QED) is 0.851. The van der Waals surface area contributed by atoms with Crippen molar-refractivity contribution in [3.63, 3.8) is 0 Å². The van der Waals surface area contributed by atoms with Gasteiger partial charge in [0.15, 0.2) is 0 Å². The van der Waals surface area contributed by atoms with Gasteiger partial charge in [-0.25, -0.2) is 0 Å². The molecule has 132 valence electrons. The molecule has 2 heteroatoms. The molecule has 0 radical (unpaired) electrons. The van der Waals surface area contributed by atoms with Crippen LogP contribution in [0.1, 0.15) is 53.6 Å². The largest absolute Gasteiger partial charge is 0.392 e. The van der Waals surface area contributed by atoms with Gasteiger partial charge in [0.05, 0.1) is 6.10 Å². The highest BCUT2D eigenvalue weighted by Gasteiger charge is 2.49. The first-order valence-corrected chi connectivity index (χ1v) is 9.59. The minimum Gasteiger partial charge on any atom is -0.392 e. The van der Waals surface area contributed by atoms with E-state index in [9.17, 15) is 5.11 Å². The minimum atomic E-state index is -0.206. The molecule has 5 atom stereocenters. The number of rotatable bonds is 2. The lowest BCUT2D eigenvalue weighted by atomic mass is 9.65. The van der Waals surface area contributed by atoms with Gasteiger partial charge in [0, 0.05) is 23.9 Å². The molecule has 2 bridgehead atoms. The third-order valence-corrected chi connectivity index (χ3v) is 6.48. The zero-order valence-corrected chi connectivity index (χ0v) is 15.5. The number of nitrogens with zero attached hydrogens (tertiary/aromatic N) is 1. The van der Waals surface area contributed by atoms with Crippen LogP contribution in [0.2, 0.25) is 0 Å². The number of fused-ring (bicyclic) bond motifs is 2. The summed E-state index contributed by atoms with van der Waals surface area (Å²) in [6.07, 6.45) is 3.27. The van der Waals surface area contributed by atoms with Crippen molar-refractivity contribution >= 4 is 0 Å². The second kappa shape index (κ2) is 6.59. The van der Waals surface area contributed by atoms with Crippen LogP contribution in [-0.2, 0) is 0 Å². The predicted molar refractivity (Wildman–Crippen MR) is 102 cm³/mol. The van der Waals surface area contributed by atoms with E-state index in [4.69, 9.17) is 0 Å². The Kier molecular flexibility index (Phi) is 4.43. The van der Waals surface area contributed by atoms with Crippen LogP contribution in [0.15, 0.2) is 48.5 Å². The third kappa shape index (κ3) is 2.92. The van der Waals surface area contributed by atoms with Crippen molar-refractivity contribution in [3.8, 4) is 0 Å². The van der Waals surface area contributed by atoms with Crippen molar-refractivity contribution in [2.24, 2.45) is 11.8 Å². The van der Waals surface area contributed by atoms with Crippen LogP contribution in [-0.4, -0.2) is 23.2 Å². The van der Waals surface area contributed by atoms with Gasteiger partial charge in [0.1, 0.15) is 0 Å². The van der Waals surface area contributed by atoms with Crippen molar-refractivity contribution in [2.75, 3.05) is 7.05 Å². The summed E-state index contributed by atoms with van der Waals surface area (Å²) in [6.45, 7) is 4.27. The zero-order chi connectivity index (χ0) is 17.6. The molecule has 1 saturated carbocycles. The summed E-state index contributed by atoms with van der Waals surface area (Å²) >= 11 is 0. The lowest BCUT2D eigenvalue weighted by Crippen LogP contribution is -2.53. The van der Waals surface area contributed by atoms with E-state index in [0.717, 1.165) is 12.8 Å². The Morgan fingerprint density at radius 2 is 1.16 bits per heavy atom. The van der Waals surface area contributed by atoms with Crippen LogP contribution >= 0.6 is 0 Å². The molecule has 1 saturated heterocycles. The van der Waals surface area contributed by atoms with Gasteiger partial charge in [0.2, 0.25) is 0 Å². The van der Waals surface area contributed by atoms with Gasteiger partial charge in [0.25, 0.3) is 0 Å². The zero-order valence-electron chi connectivity index (χ0n) is 15.5. The highest BCUT2D eigenvalue weighted by molar-refractivity contribution is 5.30. The lowest BCUT2D eigenvalue weighted by Gasteiger charge is -2.54. The maximum absolute atomic E-state index is 11.2. The average Bonchev–Trinajstić information content (AvgIpc) is 2.60. The molecule has 1 unspecified atom stereocenters. The fourth-order valence-corrected chi connectivity index (χ4v) is 5.21. The Labute approximate surface area is 151 Å². The highest BCUT2D eigenvalue weighted by Crippen LogP contribution is 2.52. The van der Waals surface area contributed by atoms with Crippen molar-refractivity contribution in [3.05, 3.63) is 70.8 Å². The van der Waals surface area contributed by atoms with Crippen LogP contribution < -0.4 is 0 Å². The second-order valence-corrected chi connectivity index (χ2v) is 8.13. The monoisotopic (exact) mass is 335 g/mol. The lowest BCUT2D eigenvalue weighted by molar-refractivity contribution is -0.112. The number of benzene rings is 2. The molecule has 0 amide bonds. The fraction of sp³-hybridized carbons (Fsp3) is 0.478. The van der Waals surface area contributed by atoms with E-state index in [1.165, 1.54) is 28.7 Å². The van der Waals surface area contributed by atoms with Crippen LogP contribution in [0.25, 0.3) is 0 Å². The van der Waals surface area contributed by atoms with Gasteiger partial charge < -0.3 is 5.11 Å². The Balaban J connectivity index is 1.76. The average molecular weight is 335 g/mol. The summed E-state index contributed by atoms with van der Waals surface area (Å²) in [5.74, 6) is 0.682. The number of hydrogen-bond acceptors (Lipinski definition) is 2. The van der Waals surface area contributed by atoms with Crippen molar-refractivity contribution in [1.29, 1.82) is 0 Å². The number of piperidine rings is 1. The van der Waals surface area contributed by atoms with E-state index in [1.807, 2.05) is 0 Å². The minimum absolute atomic E-state index is 0.206. The summed E-state index contributed by atoms with van der Waals surface area (Å²) in [4.78, 5) is 2.54. The van der Waals surface area contributed by atoms with E-state index in [1.54, 1.807) is 0 Å². The summed E-state index contributed by atoms with van der Waals surface area (Å²) in [7, 11) is 2.26. The molecule has 0 aromatic heterocycles. The first-order valence-electron chi connectivity index (χ1n) is 9.59. The number of aliphatic hydroxyl groups excluding tert-OH is 1. The van der Waals surface area contributed by atoms with Crippen LogP contribution in [0.3, 0.4) is 0 Å². The van der Waals surface area contributed by atoms with E-state index in [0.29, 0.717) is 23.9 Å². The number of aliphatic hydroxyl groups is 1. The van der Waals surface area contributed by atoms with Crippen molar-refractivity contribution in [2.45, 2.75) is 51.3 Å². The standard InChI is InChI=1S/C23H29NO/c1-15-7-11-17(12-8-15)21-19-5-4-6-20(23(19)25)22(24(21)3)18-13-9-16(2)10-14-18/h7-14,19-23,25H,4-6H2,1-3H3/t19-,20+,21+,22-,23?. The molecule has 0 spiro atoms. The summed E-state index contributed by atoms with van der Waals surface area (Å²) in [6, 6.07) is 18.4. The van der Waals surface area contributed by atoms with Gasteiger partial charge in [-0.3, -0.25) is 4.90 Å². The van der Waals surface area contributed by atoms with Gasteiger partial charge in [-0.1, -0.05) is 66.1 Å². The third-order valence-electron chi connectivity index (χ3n) is 6.48. The molecular weight excluding hydrogens is 306 g/mol. The summed E-state index contributed by atoms with van der Waals surface area (Å²) < 4.78 is 0. The van der Waals surface area contributed by atoms with Crippen LogP contribution in [0, 0.1) is 25.7 Å². The van der Waals surface area contributed by atoms with Gasteiger partial charge in [-0.2, -0.15) is 0 Å². The Morgan fingerprint density at radius 3 is 1.56 bits per heavy atom. The van der Waals surface area contributed by atoms with E-state index in [-0.39, 0.29) is 6.10 Å². The smallest absolute Gasteiger partial charge is 0.0633 e. The van der Waals surface area contributed by atoms with E-state index >= 15 is 0 Å². The van der Waals surface area contributed by atoms with Gasteiger partial charge in [-0.15, -0.1) is 0 Å². The number of likely N-dealkylation sites (tertiary alicyclic amines) is 1. The van der Waals surface area contributed by atoms with Crippen molar-refractivity contribution in [1.82, 2.24) is 4.90 Å². The molecule has 2 fully saturated rings. The maximum atomic E-state index is 11.2. The maximum Gasteiger partial charge on any atom is 0.0633 e. The second-order valence-electron chi connectivity index (χ2n) is 8.13. The molecule has 4 rings (SSSR count). The Bertz CT molecular complexity index is 659. The van der Waals surface area contributed by atoms with Crippen LogP contribution in [0.5, 0.6) is 0 Å². The Hall–Kier alpha value is -1.64. The van der Waals surface area contributed by atoms with Gasteiger partial charge in [-0.05, 0) is 44.9 Å². The fourth-order valence-electron chi connectivity index (χ4n) is 5.21. The molecule has 1 aliphatic carbocycles. The van der Waals surface area contributed by atoms with Crippen molar-refractivity contribution < 1.29 is 5.11 Å². The van der Waals surface area contributed by atoms with Crippen LogP contribution in [0.4, 0.5) is 0 Å². The molecule has 1 heterocycles. The number of hydrogen-bond donors (Lipinski definition) is 1.